The van der Waals surface area contributed by atoms with E-state index in [-0.39, 0.29) is 5.56 Å². The van der Waals surface area contributed by atoms with Gasteiger partial charge in [0.05, 0.1) is 5.56 Å². The third kappa shape index (κ3) is 3.67. The number of halogens is 2. The van der Waals surface area contributed by atoms with E-state index < -0.39 is 11.6 Å². The monoisotopic (exact) mass is 356 g/mol. The molecule has 1 heterocycles. The molecule has 130 valence electrons. The lowest BCUT2D eigenvalue weighted by molar-refractivity contribution is 0.591. The van der Waals surface area contributed by atoms with Crippen LogP contribution in [0.4, 0.5) is 8.78 Å². The van der Waals surface area contributed by atoms with Crippen LogP contribution in [0.3, 0.4) is 0 Å². The van der Waals surface area contributed by atoms with Gasteiger partial charge in [0.25, 0.3) is 0 Å². The molecule has 0 nitrogen and oxygen atoms in total. The van der Waals surface area contributed by atoms with Crippen LogP contribution in [0.5, 0.6) is 0 Å². The largest absolute Gasteiger partial charge is 0.206 e. The average molecular weight is 356 g/mol. The van der Waals surface area contributed by atoms with Crippen molar-refractivity contribution in [3.8, 4) is 21.6 Å². The Morgan fingerprint density at radius 3 is 2.04 bits per heavy atom. The van der Waals surface area contributed by atoms with Crippen molar-refractivity contribution >= 4 is 11.3 Å². The number of hydrogen-bond donors (Lipinski definition) is 0. The number of hydrogen-bond acceptors (Lipinski definition) is 1. The Morgan fingerprint density at radius 2 is 1.52 bits per heavy atom. The van der Waals surface area contributed by atoms with Gasteiger partial charge in [-0.15, -0.1) is 11.3 Å². The van der Waals surface area contributed by atoms with Gasteiger partial charge in [-0.3, -0.25) is 0 Å². The standard InChI is InChI=1S/C22H22F2S/c1-4-14(3)15-6-8-16(9-7-15)17-12-19(23)22(20(24)13-17)21-11-10-18(5-2)25-21/h6-14H,4-5H2,1-3H3. The van der Waals surface area contributed by atoms with Crippen LogP contribution in [-0.4, -0.2) is 0 Å². The fourth-order valence-electron chi connectivity index (χ4n) is 2.92. The molecule has 0 saturated carbocycles. The summed E-state index contributed by atoms with van der Waals surface area (Å²) in [7, 11) is 0. The minimum atomic E-state index is -0.509. The van der Waals surface area contributed by atoms with Crippen LogP contribution >= 0.6 is 11.3 Å². The molecule has 0 aliphatic heterocycles. The van der Waals surface area contributed by atoms with E-state index in [0.717, 1.165) is 23.3 Å². The molecule has 2 aromatic carbocycles. The second-order valence-electron chi connectivity index (χ2n) is 6.37. The maximum atomic E-state index is 14.6. The number of benzene rings is 2. The molecule has 3 heteroatoms. The predicted octanol–water partition coefficient (Wildman–Crippen LogP) is 7.44. The Kier molecular flexibility index (Phi) is 5.33. The van der Waals surface area contributed by atoms with Crippen molar-refractivity contribution in [1.29, 1.82) is 0 Å². The van der Waals surface area contributed by atoms with Crippen molar-refractivity contribution < 1.29 is 8.78 Å². The van der Waals surface area contributed by atoms with E-state index in [9.17, 15) is 8.78 Å². The van der Waals surface area contributed by atoms with Crippen LogP contribution in [0.15, 0.2) is 48.5 Å². The molecule has 0 fully saturated rings. The quantitative estimate of drug-likeness (QED) is 0.446. The fourth-order valence-corrected chi connectivity index (χ4v) is 3.91. The van der Waals surface area contributed by atoms with Gasteiger partial charge in [-0.25, -0.2) is 8.78 Å². The summed E-state index contributed by atoms with van der Waals surface area (Å²) >= 11 is 1.44. The van der Waals surface area contributed by atoms with Crippen LogP contribution < -0.4 is 0 Å². The molecular weight excluding hydrogens is 334 g/mol. The van der Waals surface area contributed by atoms with Crippen molar-refractivity contribution in [2.24, 2.45) is 0 Å². The SMILES string of the molecule is CCc1ccc(-c2c(F)cc(-c3ccc(C(C)CC)cc3)cc2F)s1. The predicted molar refractivity (Wildman–Crippen MR) is 103 cm³/mol. The summed E-state index contributed by atoms with van der Waals surface area (Å²) < 4.78 is 29.2. The van der Waals surface area contributed by atoms with Crippen molar-refractivity contribution in [3.05, 3.63) is 70.6 Å². The summed E-state index contributed by atoms with van der Waals surface area (Å²) in [5, 5.41) is 0. The van der Waals surface area contributed by atoms with Crippen molar-refractivity contribution in [2.75, 3.05) is 0 Å². The Balaban J connectivity index is 1.96. The molecule has 0 aliphatic rings. The molecule has 0 N–H and O–H groups in total. The van der Waals surface area contributed by atoms with Crippen molar-refractivity contribution in [3.63, 3.8) is 0 Å². The van der Waals surface area contributed by atoms with E-state index in [4.69, 9.17) is 0 Å². The van der Waals surface area contributed by atoms with E-state index in [1.165, 1.54) is 29.0 Å². The first-order valence-corrected chi connectivity index (χ1v) is 9.53. The van der Waals surface area contributed by atoms with E-state index in [1.54, 1.807) is 6.07 Å². The van der Waals surface area contributed by atoms with Crippen LogP contribution in [0, 0.1) is 11.6 Å². The zero-order chi connectivity index (χ0) is 18.0. The van der Waals surface area contributed by atoms with Gasteiger partial charge < -0.3 is 0 Å². The fraction of sp³-hybridized carbons (Fsp3) is 0.273. The van der Waals surface area contributed by atoms with Crippen molar-refractivity contribution in [2.45, 2.75) is 39.5 Å². The number of thiophene rings is 1. The van der Waals surface area contributed by atoms with Gasteiger partial charge >= 0.3 is 0 Å². The maximum Gasteiger partial charge on any atom is 0.135 e. The highest BCUT2D eigenvalue weighted by Crippen LogP contribution is 2.35. The zero-order valence-electron chi connectivity index (χ0n) is 14.8. The smallest absolute Gasteiger partial charge is 0.135 e. The topological polar surface area (TPSA) is 0 Å². The Morgan fingerprint density at radius 1 is 0.880 bits per heavy atom. The van der Waals surface area contributed by atoms with Crippen LogP contribution in [-0.2, 0) is 6.42 Å². The maximum absolute atomic E-state index is 14.6. The molecule has 25 heavy (non-hydrogen) atoms. The summed E-state index contributed by atoms with van der Waals surface area (Å²) in [6.07, 6.45) is 1.94. The van der Waals surface area contributed by atoms with Crippen LogP contribution in [0.1, 0.15) is 43.6 Å². The first-order chi connectivity index (χ1) is 12.0. The molecule has 0 saturated heterocycles. The van der Waals surface area contributed by atoms with Gasteiger partial charge in [0, 0.05) is 9.75 Å². The molecule has 1 aromatic heterocycles. The highest BCUT2D eigenvalue weighted by Gasteiger charge is 2.16. The lowest BCUT2D eigenvalue weighted by Crippen LogP contribution is -1.93. The molecule has 0 bridgehead atoms. The van der Waals surface area contributed by atoms with Gasteiger partial charge in [0.2, 0.25) is 0 Å². The van der Waals surface area contributed by atoms with E-state index >= 15 is 0 Å². The van der Waals surface area contributed by atoms with Gasteiger partial charge in [-0.1, -0.05) is 45.0 Å². The second-order valence-corrected chi connectivity index (χ2v) is 7.53. The zero-order valence-corrected chi connectivity index (χ0v) is 15.6. The van der Waals surface area contributed by atoms with E-state index in [0.29, 0.717) is 16.4 Å². The van der Waals surface area contributed by atoms with E-state index in [1.807, 2.05) is 37.3 Å². The minimum absolute atomic E-state index is 0.0738. The third-order valence-electron chi connectivity index (χ3n) is 4.72. The molecule has 3 aromatic rings. The Labute approximate surface area is 152 Å². The highest BCUT2D eigenvalue weighted by atomic mass is 32.1. The molecule has 0 aliphatic carbocycles. The van der Waals surface area contributed by atoms with Crippen molar-refractivity contribution in [1.82, 2.24) is 0 Å². The molecule has 0 amide bonds. The van der Waals surface area contributed by atoms with Gasteiger partial charge in [0.1, 0.15) is 11.6 Å². The Hall–Kier alpha value is -2.00. The van der Waals surface area contributed by atoms with Crippen LogP contribution in [0.2, 0.25) is 0 Å². The van der Waals surface area contributed by atoms with Gasteiger partial charge in [-0.05, 0) is 59.7 Å². The molecule has 1 unspecified atom stereocenters. The number of aryl methyl sites for hydroxylation is 1. The van der Waals surface area contributed by atoms with Gasteiger partial charge in [-0.2, -0.15) is 0 Å². The first kappa shape index (κ1) is 17.8. The Bertz CT molecular complexity index is 839. The molecular formula is C22H22F2S. The summed E-state index contributed by atoms with van der Waals surface area (Å²) in [5.74, 6) is -0.535. The summed E-state index contributed by atoms with van der Waals surface area (Å²) in [6.45, 7) is 6.36. The lowest BCUT2D eigenvalue weighted by Gasteiger charge is -2.11. The molecule has 0 radical (unpaired) electrons. The first-order valence-electron chi connectivity index (χ1n) is 8.72. The lowest BCUT2D eigenvalue weighted by atomic mass is 9.95. The van der Waals surface area contributed by atoms with Gasteiger partial charge in [0.15, 0.2) is 0 Å². The second kappa shape index (κ2) is 7.49. The number of rotatable bonds is 5. The van der Waals surface area contributed by atoms with Crippen LogP contribution in [0.25, 0.3) is 21.6 Å². The minimum Gasteiger partial charge on any atom is -0.206 e. The summed E-state index contributed by atoms with van der Waals surface area (Å²) in [4.78, 5) is 1.77. The molecule has 3 rings (SSSR count). The highest BCUT2D eigenvalue weighted by molar-refractivity contribution is 7.15. The normalized spacial score (nSPS) is 12.4. The molecule has 0 spiro atoms. The summed E-state index contributed by atoms with van der Waals surface area (Å²) in [5.41, 5.74) is 2.72. The summed E-state index contributed by atoms with van der Waals surface area (Å²) in [6, 6.07) is 14.6. The molecule has 1 atom stereocenters. The third-order valence-corrected chi connectivity index (χ3v) is 5.97. The average Bonchev–Trinajstić information content (AvgIpc) is 3.09. The van der Waals surface area contributed by atoms with E-state index in [2.05, 4.69) is 13.8 Å².